The van der Waals surface area contributed by atoms with Gasteiger partial charge in [0.05, 0.1) is 5.56 Å². The predicted octanol–water partition coefficient (Wildman–Crippen LogP) is 5.17. The first-order chi connectivity index (χ1) is 9.49. The fourth-order valence-electron chi connectivity index (χ4n) is 1.61. The SMILES string of the molecule is O=C(/C=C/c1c(Cl)cccc1Cl)c1ccc(F)cc1F. The summed E-state index contributed by atoms with van der Waals surface area (Å²) in [7, 11) is 0. The molecule has 0 N–H and O–H groups in total. The second-order valence-electron chi connectivity index (χ2n) is 3.96. The molecule has 20 heavy (non-hydrogen) atoms. The number of carbonyl (C=O) groups is 1. The first-order valence-electron chi connectivity index (χ1n) is 5.60. The molecule has 0 heterocycles. The van der Waals surface area contributed by atoms with Crippen LogP contribution < -0.4 is 0 Å². The molecule has 0 radical (unpaired) electrons. The number of allylic oxidation sites excluding steroid dienone is 1. The standard InChI is InChI=1S/C15H8Cl2F2O/c16-12-2-1-3-13(17)10(12)6-7-15(20)11-5-4-9(18)8-14(11)19/h1-8H/b7-6+. The molecule has 1 nitrogen and oxygen atoms in total. The maximum Gasteiger partial charge on any atom is 0.188 e. The molecule has 0 spiro atoms. The minimum atomic E-state index is -0.912. The second kappa shape index (κ2) is 6.16. The Bertz CT molecular complexity index is 676. The molecule has 0 fully saturated rings. The first-order valence-corrected chi connectivity index (χ1v) is 6.36. The topological polar surface area (TPSA) is 17.1 Å². The minimum Gasteiger partial charge on any atom is -0.289 e. The third kappa shape index (κ3) is 3.24. The zero-order valence-corrected chi connectivity index (χ0v) is 11.6. The summed E-state index contributed by atoms with van der Waals surface area (Å²) in [5, 5.41) is 0.752. The summed E-state index contributed by atoms with van der Waals surface area (Å²) in [6.45, 7) is 0. The van der Waals surface area contributed by atoms with Crippen molar-refractivity contribution in [2.24, 2.45) is 0 Å². The van der Waals surface area contributed by atoms with Gasteiger partial charge in [-0.25, -0.2) is 8.78 Å². The normalized spacial score (nSPS) is 11.0. The molecule has 0 unspecified atom stereocenters. The number of halogens is 4. The van der Waals surface area contributed by atoms with E-state index in [4.69, 9.17) is 23.2 Å². The Morgan fingerprint density at radius 3 is 2.30 bits per heavy atom. The van der Waals surface area contributed by atoms with Gasteiger partial charge in [-0.05, 0) is 36.4 Å². The van der Waals surface area contributed by atoms with Crippen LogP contribution in [0.15, 0.2) is 42.5 Å². The maximum absolute atomic E-state index is 13.4. The van der Waals surface area contributed by atoms with Crippen LogP contribution in [0, 0.1) is 11.6 Å². The number of benzene rings is 2. The van der Waals surface area contributed by atoms with E-state index in [0.29, 0.717) is 21.7 Å². The lowest BCUT2D eigenvalue weighted by atomic mass is 10.1. The third-order valence-corrected chi connectivity index (χ3v) is 3.26. The van der Waals surface area contributed by atoms with E-state index in [-0.39, 0.29) is 5.56 Å². The number of rotatable bonds is 3. The van der Waals surface area contributed by atoms with E-state index < -0.39 is 17.4 Å². The van der Waals surface area contributed by atoms with Crippen LogP contribution in [0.4, 0.5) is 8.78 Å². The van der Waals surface area contributed by atoms with Crippen molar-refractivity contribution < 1.29 is 13.6 Å². The van der Waals surface area contributed by atoms with Gasteiger partial charge in [0.25, 0.3) is 0 Å². The lowest BCUT2D eigenvalue weighted by Crippen LogP contribution is -1.99. The summed E-state index contributed by atoms with van der Waals surface area (Å²) in [6.07, 6.45) is 2.54. The number of ketones is 1. The zero-order valence-electron chi connectivity index (χ0n) is 10.0. The zero-order chi connectivity index (χ0) is 14.7. The van der Waals surface area contributed by atoms with E-state index >= 15 is 0 Å². The Morgan fingerprint density at radius 1 is 1.05 bits per heavy atom. The molecule has 0 aliphatic rings. The molecule has 0 atom stereocenters. The van der Waals surface area contributed by atoms with Gasteiger partial charge in [0.1, 0.15) is 11.6 Å². The average Bonchev–Trinajstić information content (AvgIpc) is 2.37. The fraction of sp³-hybridized carbons (Fsp3) is 0. The molecule has 2 rings (SSSR count). The van der Waals surface area contributed by atoms with Gasteiger partial charge < -0.3 is 0 Å². The van der Waals surface area contributed by atoms with Crippen molar-refractivity contribution in [3.05, 3.63) is 75.3 Å². The molecule has 2 aromatic carbocycles. The van der Waals surface area contributed by atoms with Gasteiger partial charge in [-0.15, -0.1) is 0 Å². The van der Waals surface area contributed by atoms with Gasteiger partial charge >= 0.3 is 0 Å². The summed E-state index contributed by atoms with van der Waals surface area (Å²) >= 11 is 11.9. The number of hydrogen-bond donors (Lipinski definition) is 0. The van der Waals surface area contributed by atoms with Crippen LogP contribution in [0.3, 0.4) is 0 Å². The van der Waals surface area contributed by atoms with Crippen molar-refractivity contribution in [2.75, 3.05) is 0 Å². The Morgan fingerprint density at radius 2 is 1.70 bits per heavy atom. The van der Waals surface area contributed by atoms with Crippen molar-refractivity contribution in [3.63, 3.8) is 0 Å². The predicted molar refractivity (Wildman–Crippen MR) is 76.2 cm³/mol. The van der Waals surface area contributed by atoms with Crippen molar-refractivity contribution >= 4 is 35.1 Å². The molecule has 0 bridgehead atoms. The summed E-state index contributed by atoms with van der Waals surface area (Å²) in [6, 6.07) is 7.68. The smallest absolute Gasteiger partial charge is 0.188 e. The summed E-state index contributed by atoms with van der Waals surface area (Å²) in [5.41, 5.74) is 0.248. The summed E-state index contributed by atoms with van der Waals surface area (Å²) < 4.78 is 26.2. The molecular formula is C15H8Cl2F2O. The summed E-state index contributed by atoms with van der Waals surface area (Å²) in [5.74, 6) is -2.25. The number of hydrogen-bond acceptors (Lipinski definition) is 1. The van der Waals surface area contributed by atoms with Gasteiger partial charge in [-0.2, -0.15) is 0 Å². The average molecular weight is 313 g/mol. The quantitative estimate of drug-likeness (QED) is 0.564. The Labute approximate surface area is 124 Å². The van der Waals surface area contributed by atoms with Crippen LogP contribution in [0.1, 0.15) is 15.9 Å². The van der Waals surface area contributed by atoms with Crippen LogP contribution in [-0.4, -0.2) is 5.78 Å². The molecule has 0 aliphatic carbocycles. The summed E-state index contributed by atoms with van der Waals surface area (Å²) in [4.78, 5) is 11.8. The highest BCUT2D eigenvalue weighted by Gasteiger charge is 2.10. The molecule has 0 aromatic heterocycles. The molecule has 0 amide bonds. The highest BCUT2D eigenvalue weighted by molar-refractivity contribution is 6.37. The Kier molecular flexibility index (Phi) is 4.53. The van der Waals surface area contributed by atoms with Crippen LogP contribution >= 0.6 is 23.2 Å². The minimum absolute atomic E-state index is 0.217. The van der Waals surface area contributed by atoms with Crippen molar-refractivity contribution in [1.82, 2.24) is 0 Å². The monoisotopic (exact) mass is 312 g/mol. The number of carbonyl (C=O) groups excluding carboxylic acids is 1. The van der Waals surface area contributed by atoms with Gasteiger partial charge in [-0.3, -0.25) is 4.79 Å². The second-order valence-corrected chi connectivity index (χ2v) is 4.77. The molecule has 102 valence electrons. The van der Waals surface area contributed by atoms with Gasteiger partial charge in [0.15, 0.2) is 5.78 Å². The third-order valence-electron chi connectivity index (χ3n) is 2.60. The van der Waals surface area contributed by atoms with E-state index in [9.17, 15) is 13.6 Å². The Balaban J connectivity index is 2.30. The van der Waals surface area contributed by atoms with Crippen molar-refractivity contribution in [2.45, 2.75) is 0 Å². The lowest BCUT2D eigenvalue weighted by molar-refractivity contribution is 0.104. The molecule has 5 heteroatoms. The maximum atomic E-state index is 13.4. The van der Waals surface area contributed by atoms with Crippen LogP contribution in [-0.2, 0) is 0 Å². The van der Waals surface area contributed by atoms with E-state index in [2.05, 4.69) is 0 Å². The molecular weight excluding hydrogens is 305 g/mol. The lowest BCUT2D eigenvalue weighted by Gasteiger charge is -2.01. The largest absolute Gasteiger partial charge is 0.289 e. The van der Waals surface area contributed by atoms with Crippen LogP contribution in [0.2, 0.25) is 10.0 Å². The first kappa shape index (κ1) is 14.7. The van der Waals surface area contributed by atoms with E-state index in [1.54, 1.807) is 18.2 Å². The van der Waals surface area contributed by atoms with Crippen molar-refractivity contribution in [3.8, 4) is 0 Å². The van der Waals surface area contributed by atoms with Gasteiger partial charge in [-0.1, -0.05) is 29.3 Å². The van der Waals surface area contributed by atoms with Crippen LogP contribution in [0.25, 0.3) is 6.08 Å². The Hall–Kier alpha value is -1.71. The fourth-order valence-corrected chi connectivity index (χ4v) is 2.13. The molecule has 0 aliphatic heterocycles. The molecule has 2 aromatic rings. The highest BCUT2D eigenvalue weighted by atomic mass is 35.5. The van der Waals surface area contributed by atoms with Gasteiger partial charge in [0, 0.05) is 21.7 Å². The molecule has 0 saturated heterocycles. The van der Waals surface area contributed by atoms with Crippen molar-refractivity contribution in [1.29, 1.82) is 0 Å². The highest BCUT2D eigenvalue weighted by Crippen LogP contribution is 2.25. The van der Waals surface area contributed by atoms with Crippen LogP contribution in [0.5, 0.6) is 0 Å². The molecule has 0 saturated carbocycles. The van der Waals surface area contributed by atoms with E-state index in [1.807, 2.05) is 0 Å². The van der Waals surface area contributed by atoms with E-state index in [1.165, 1.54) is 6.08 Å². The van der Waals surface area contributed by atoms with E-state index in [0.717, 1.165) is 18.2 Å². The van der Waals surface area contributed by atoms with Gasteiger partial charge in [0.2, 0.25) is 0 Å².